The fourth-order valence-electron chi connectivity index (χ4n) is 7.69. The summed E-state index contributed by atoms with van der Waals surface area (Å²) in [5, 5.41) is 2.17. The zero-order valence-electron chi connectivity index (χ0n) is 31.5. The minimum absolute atomic E-state index is 0.0648. The Bertz CT molecular complexity index is 2000. The second-order valence-corrected chi connectivity index (χ2v) is 20.4. The second-order valence-electron chi connectivity index (χ2n) is 16.3. The van der Waals surface area contributed by atoms with Gasteiger partial charge in [-0.05, 0) is 70.9 Å². The first-order chi connectivity index (χ1) is 25.7. The lowest BCUT2D eigenvalue weighted by atomic mass is 10.0. The molecule has 1 aromatic rings. The van der Waals surface area contributed by atoms with Crippen LogP contribution in [0.25, 0.3) is 0 Å². The lowest BCUT2D eigenvalue weighted by molar-refractivity contribution is -0.142. The van der Waals surface area contributed by atoms with E-state index in [2.05, 4.69) is 5.32 Å². The first-order valence-corrected chi connectivity index (χ1v) is 22.2. The number of halogens is 1. The third-order valence-corrected chi connectivity index (χ3v) is 14.0. The van der Waals surface area contributed by atoms with E-state index in [1.165, 1.54) is 17.0 Å². The molecule has 0 radical (unpaired) electrons. The number of sulfone groups is 1. The summed E-state index contributed by atoms with van der Waals surface area (Å²) in [7, 11) is -8.18. The first kappa shape index (κ1) is 40.6. The highest BCUT2D eigenvalue weighted by molar-refractivity contribution is 7.93. The molecule has 0 spiro atoms. The molecule has 3 fully saturated rings. The van der Waals surface area contributed by atoms with Gasteiger partial charge in [-0.1, -0.05) is 37.1 Å². The number of sulfonamides is 1. The Balaban J connectivity index is 1.32. The van der Waals surface area contributed by atoms with Gasteiger partial charge in [-0.25, -0.2) is 30.8 Å². The number of hydrogen-bond acceptors (Lipinski definition) is 11. The van der Waals surface area contributed by atoms with Crippen LogP contribution in [0, 0.1) is 11.7 Å². The van der Waals surface area contributed by atoms with Crippen molar-refractivity contribution >= 4 is 49.6 Å². The number of rotatable bonds is 7. The number of allylic oxidation sites excluding steroid dienone is 1. The van der Waals surface area contributed by atoms with E-state index in [0.29, 0.717) is 54.0 Å². The summed E-state index contributed by atoms with van der Waals surface area (Å²) < 4.78 is 78.5. The van der Waals surface area contributed by atoms with Crippen molar-refractivity contribution in [1.82, 2.24) is 19.4 Å². The summed E-state index contributed by atoms with van der Waals surface area (Å²) in [5.41, 5.74) is -1.75. The molecule has 3 aliphatic heterocycles. The average Bonchev–Trinajstić information content (AvgIpc) is 3.96. The third kappa shape index (κ3) is 9.00. The Hall–Kier alpha value is -4.06. The number of nitrogens with zero attached hydrogens (tertiary/aromatic N) is 3. The minimum atomic E-state index is -4.44. The molecule has 1 saturated heterocycles. The Morgan fingerprint density at radius 3 is 2.42 bits per heavy atom. The van der Waals surface area contributed by atoms with Crippen molar-refractivity contribution in [1.29, 1.82) is 0 Å². The van der Waals surface area contributed by atoms with Crippen LogP contribution in [-0.4, -0.2) is 114 Å². The zero-order chi connectivity index (χ0) is 40.1. The van der Waals surface area contributed by atoms with Crippen LogP contribution in [0.1, 0.15) is 89.7 Å². The summed E-state index contributed by atoms with van der Waals surface area (Å²) in [5.74, 6) is -4.14. The lowest BCUT2D eigenvalue weighted by Crippen LogP contribution is -2.58. The largest absolute Gasteiger partial charge is 0.444 e. The van der Waals surface area contributed by atoms with Gasteiger partial charge < -0.3 is 19.7 Å². The van der Waals surface area contributed by atoms with Gasteiger partial charge in [0, 0.05) is 24.4 Å². The van der Waals surface area contributed by atoms with E-state index < -0.39 is 102 Å². The van der Waals surface area contributed by atoms with Gasteiger partial charge in [0.05, 0.1) is 24.6 Å². The van der Waals surface area contributed by atoms with Crippen LogP contribution in [0.4, 0.5) is 14.0 Å². The van der Waals surface area contributed by atoms with Crippen LogP contribution < -0.4 is 5.32 Å². The van der Waals surface area contributed by atoms with Gasteiger partial charge >= 0.3 is 12.2 Å². The Morgan fingerprint density at radius 1 is 1.04 bits per heavy atom. The molecule has 5 aliphatic rings. The van der Waals surface area contributed by atoms with Gasteiger partial charge in [0.15, 0.2) is 15.6 Å². The minimum Gasteiger partial charge on any atom is -0.444 e. The number of ether oxygens (including phenoxy) is 2. The summed E-state index contributed by atoms with van der Waals surface area (Å²) in [6.07, 6.45) is 3.94. The number of nitrogens with one attached hydrogen (secondary N) is 1. The van der Waals surface area contributed by atoms with E-state index in [4.69, 9.17) is 9.47 Å². The number of ketones is 1. The van der Waals surface area contributed by atoms with Crippen LogP contribution in [0.2, 0.25) is 0 Å². The highest BCUT2D eigenvalue weighted by Gasteiger charge is 2.61. The molecule has 2 aliphatic carbocycles. The van der Waals surface area contributed by atoms with E-state index in [-0.39, 0.29) is 38.9 Å². The van der Waals surface area contributed by atoms with E-state index in [9.17, 15) is 45.2 Å². The molecule has 3 heterocycles. The number of fused-ring (bicyclic) bond motifs is 3. The SMILES string of the molecule is CC(C)(C)OC(=O)N([C@H]1CCCCC/C=C\[C@@H]2C[C@@]2(C(=O)CS(=O)(=O)C2CC2)NC(=O)[C@@H]2C[C@@H](OC(=O)N3Cc4cccc(F)c4C3)CN2C1=O)S(C)(=O)=O. The van der Waals surface area contributed by atoms with Crippen molar-refractivity contribution < 1.29 is 54.7 Å². The van der Waals surface area contributed by atoms with E-state index >= 15 is 0 Å². The third-order valence-electron chi connectivity index (χ3n) is 10.7. The number of Topliss-reactive ketones (excluding diaryl/α,β-unsaturated/α-hetero) is 1. The van der Waals surface area contributed by atoms with Gasteiger partial charge in [0.25, 0.3) is 0 Å². The molecular formula is C37H49FN4O11S2. The smallest absolute Gasteiger partial charge is 0.424 e. The van der Waals surface area contributed by atoms with Gasteiger partial charge in [-0.2, -0.15) is 4.31 Å². The maximum Gasteiger partial charge on any atom is 0.424 e. The molecule has 302 valence electrons. The van der Waals surface area contributed by atoms with E-state index in [0.717, 1.165) is 11.2 Å². The normalized spacial score (nSPS) is 28.1. The molecule has 1 N–H and O–H groups in total. The summed E-state index contributed by atoms with van der Waals surface area (Å²) in [6.45, 7) is 4.26. The highest BCUT2D eigenvalue weighted by atomic mass is 32.2. The molecule has 0 unspecified atom stereocenters. The number of carbonyl (C=O) groups is 5. The Kier molecular flexibility index (Phi) is 11.2. The molecule has 0 bridgehead atoms. The van der Waals surface area contributed by atoms with Crippen LogP contribution in [0.15, 0.2) is 30.4 Å². The summed E-state index contributed by atoms with van der Waals surface area (Å²) in [6, 6.07) is 1.45. The van der Waals surface area contributed by atoms with Gasteiger partial charge in [0.1, 0.15) is 40.9 Å². The maximum absolute atomic E-state index is 14.7. The molecule has 1 aromatic carbocycles. The molecule has 6 rings (SSSR count). The predicted octanol–water partition coefficient (Wildman–Crippen LogP) is 3.35. The van der Waals surface area contributed by atoms with Crippen LogP contribution in [-0.2, 0) is 56.8 Å². The van der Waals surface area contributed by atoms with Crippen molar-refractivity contribution in [2.45, 2.75) is 126 Å². The Morgan fingerprint density at radius 2 is 1.76 bits per heavy atom. The quantitative estimate of drug-likeness (QED) is 0.397. The molecule has 18 heteroatoms. The van der Waals surface area contributed by atoms with Gasteiger partial charge in [-0.3, -0.25) is 19.3 Å². The zero-order valence-corrected chi connectivity index (χ0v) is 33.1. The van der Waals surface area contributed by atoms with Crippen LogP contribution in [0.3, 0.4) is 0 Å². The summed E-state index contributed by atoms with van der Waals surface area (Å²) in [4.78, 5) is 72.1. The molecule has 5 atom stereocenters. The molecular weight excluding hydrogens is 760 g/mol. The highest BCUT2D eigenvalue weighted by Crippen LogP contribution is 2.47. The molecule has 2 saturated carbocycles. The number of carbonyl (C=O) groups excluding carboxylic acids is 5. The van der Waals surface area contributed by atoms with Crippen molar-refractivity contribution in [3.63, 3.8) is 0 Å². The van der Waals surface area contributed by atoms with Crippen molar-refractivity contribution in [3.8, 4) is 0 Å². The average molecular weight is 809 g/mol. The lowest BCUT2D eigenvalue weighted by Gasteiger charge is -2.35. The standard InChI is InChI=1S/C37H49FN4O11S2/c1-36(2,3)53-35(47)42(54(4,48)49)29-14-9-7-5-6-8-12-24-18-37(24,31(43)22-55(50,51)26-15-16-26)39-32(44)30-17-25(20-41(30)33(29)45)52-34(46)40-19-23-11-10-13-28(38)27(23)21-40/h8,10-13,24-26,29-30H,5-7,9,14-22H2,1-4H3,(H,39,44)/b12-8-/t24-,25-,29+,30+,37-/m1/s1. The predicted molar refractivity (Wildman–Crippen MR) is 196 cm³/mol. The van der Waals surface area contributed by atoms with Crippen LogP contribution >= 0.6 is 0 Å². The summed E-state index contributed by atoms with van der Waals surface area (Å²) >= 11 is 0. The van der Waals surface area contributed by atoms with Crippen LogP contribution in [0.5, 0.6) is 0 Å². The fourth-order valence-corrected chi connectivity index (χ4v) is 10.4. The van der Waals surface area contributed by atoms with E-state index in [1.807, 2.05) is 6.08 Å². The maximum atomic E-state index is 14.7. The number of amides is 4. The monoisotopic (exact) mass is 808 g/mol. The topological polar surface area (TPSA) is 194 Å². The molecule has 0 aromatic heterocycles. The Labute approximate surface area is 320 Å². The second kappa shape index (κ2) is 15.1. The fraction of sp³-hybridized carbons (Fsp3) is 0.649. The first-order valence-electron chi connectivity index (χ1n) is 18.7. The molecule has 15 nitrogen and oxygen atoms in total. The van der Waals surface area contributed by atoms with Crippen molar-refractivity contribution in [3.05, 3.63) is 47.3 Å². The number of benzene rings is 1. The van der Waals surface area contributed by atoms with Gasteiger partial charge in [-0.15, -0.1) is 0 Å². The van der Waals surface area contributed by atoms with E-state index in [1.54, 1.807) is 32.9 Å². The van der Waals surface area contributed by atoms with Gasteiger partial charge in [0.2, 0.25) is 21.8 Å². The van der Waals surface area contributed by atoms with Crippen molar-refractivity contribution in [2.75, 3.05) is 18.6 Å². The molecule has 55 heavy (non-hydrogen) atoms. The van der Waals surface area contributed by atoms with Crippen molar-refractivity contribution in [2.24, 2.45) is 5.92 Å². The molecule has 4 amide bonds. The number of hydrogen-bond donors (Lipinski definition) is 1.